The first-order valence-corrected chi connectivity index (χ1v) is 9.05. The van der Waals surface area contributed by atoms with E-state index in [9.17, 15) is 10.2 Å². The van der Waals surface area contributed by atoms with E-state index in [-0.39, 0.29) is 11.9 Å². The molecule has 1 aliphatic rings. The highest BCUT2D eigenvalue weighted by Gasteiger charge is 2.32. The van der Waals surface area contributed by atoms with Crippen LogP contribution >= 0.6 is 0 Å². The van der Waals surface area contributed by atoms with Gasteiger partial charge in [-0.15, -0.1) is 10.2 Å². The molecule has 2 atom stereocenters. The number of aromatic nitrogens is 3. The summed E-state index contributed by atoms with van der Waals surface area (Å²) < 4.78 is 10.7. The molecule has 0 amide bonds. The lowest BCUT2D eigenvalue weighted by atomic mass is 9.78. The highest BCUT2D eigenvalue weighted by Crippen LogP contribution is 2.32. The molecule has 1 fully saturated rings. The quantitative estimate of drug-likeness (QED) is 0.543. The van der Waals surface area contributed by atoms with Crippen LogP contribution in [0.3, 0.4) is 0 Å². The maximum absolute atomic E-state index is 10.3. The van der Waals surface area contributed by atoms with Crippen LogP contribution in [-0.4, -0.2) is 31.6 Å². The molecule has 1 aromatic carbocycles. The van der Waals surface area contributed by atoms with Crippen molar-refractivity contribution in [3.8, 4) is 11.3 Å². The smallest absolute Gasteiger partial charge is 0.244 e. The Kier molecular flexibility index (Phi) is 5.02. The van der Waals surface area contributed by atoms with Crippen molar-refractivity contribution in [2.75, 3.05) is 0 Å². The maximum atomic E-state index is 10.3. The molecular weight excluding hydrogens is 348 g/mol. The molecule has 0 radical (unpaired) electrons. The van der Waals surface area contributed by atoms with Crippen LogP contribution in [0.2, 0.25) is 0 Å². The van der Waals surface area contributed by atoms with E-state index >= 15 is 0 Å². The summed E-state index contributed by atoms with van der Waals surface area (Å²) in [6, 6.07) is 11.6. The largest absolute Gasteiger partial charge is 0.422 e. The van der Waals surface area contributed by atoms with Crippen molar-refractivity contribution in [1.29, 1.82) is 0 Å². The summed E-state index contributed by atoms with van der Waals surface area (Å²) in [5, 5.41) is 34.7. The van der Waals surface area contributed by atoms with Gasteiger partial charge in [-0.1, -0.05) is 35.5 Å². The summed E-state index contributed by atoms with van der Waals surface area (Å²) in [6.07, 6.45) is 0.812. The molecule has 3 aromatic rings. The second-order valence-electron chi connectivity index (χ2n) is 7.00. The van der Waals surface area contributed by atoms with Gasteiger partial charge in [-0.25, -0.2) is 0 Å². The zero-order valence-corrected chi connectivity index (χ0v) is 14.9. The number of aliphatic hydroxyl groups is 2. The molecule has 1 unspecified atom stereocenters. The Labute approximate surface area is 156 Å². The topological polar surface area (TPSA) is 117 Å². The van der Waals surface area contributed by atoms with Crippen LogP contribution in [0.1, 0.15) is 49.6 Å². The second-order valence-corrected chi connectivity index (χ2v) is 7.00. The number of hydrogen-bond donors (Lipinski definition) is 3. The highest BCUT2D eigenvalue weighted by atomic mass is 16.5. The average molecular weight is 370 g/mol. The predicted octanol–water partition coefficient (Wildman–Crippen LogP) is 2.38. The Morgan fingerprint density at radius 2 is 1.96 bits per heavy atom. The molecule has 3 N–H and O–H groups in total. The van der Waals surface area contributed by atoms with Gasteiger partial charge in [0.2, 0.25) is 11.8 Å². The Morgan fingerprint density at radius 3 is 2.67 bits per heavy atom. The van der Waals surface area contributed by atoms with Crippen LogP contribution in [0, 0.1) is 5.92 Å². The van der Waals surface area contributed by atoms with Crippen LogP contribution in [0.15, 0.2) is 45.3 Å². The zero-order chi connectivity index (χ0) is 18.8. The van der Waals surface area contributed by atoms with Gasteiger partial charge in [-0.05, 0) is 25.7 Å². The SMILES string of the molecule is C[C@@H](O)c1nnc(C[C@H]2C[C@H](NC(O)c3cc(-c4ccccc4)no3)C2)o1. The number of hydrogen-bond acceptors (Lipinski definition) is 8. The Morgan fingerprint density at radius 1 is 1.19 bits per heavy atom. The minimum Gasteiger partial charge on any atom is -0.422 e. The maximum Gasteiger partial charge on any atom is 0.244 e. The van der Waals surface area contributed by atoms with E-state index in [1.54, 1.807) is 13.0 Å². The van der Waals surface area contributed by atoms with Gasteiger partial charge in [0.25, 0.3) is 0 Å². The molecule has 0 aliphatic heterocycles. The molecule has 142 valence electrons. The van der Waals surface area contributed by atoms with Gasteiger partial charge in [0.15, 0.2) is 12.0 Å². The van der Waals surface area contributed by atoms with E-state index in [1.807, 2.05) is 30.3 Å². The van der Waals surface area contributed by atoms with Gasteiger partial charge < -0.3 is 19.2 Å². The van der Waals surface area contributed by atoms with Crippen LogP contribution in [0.4, 0.5) is 0 Å². The van der Waals surface area contributed by atoms with Gasteiger partial charge in [0.05, 0.1) is 0 Å². The molecule has 4 rings (SSSR count). The predicted molar refractivity (Wildman–Crippen MR) is 95.2 cm³/mol. The normalized spacial score (nSPS) is 21.6. The molecule has 8 heteroatoms. The van der Waals surface area contributed by atoms with E-state index in [4.69, 9.17) is 8.94 Å². The van der Waals surface area contributed by atoms with E-state index < -0.39 is 12.3 Å². The molecule has 0 saturated heterocycles. The Bertz CT molecular complexity index is 871. The minimum absolute atomic E-state index is 0.189. The van der Waals surface area contributed by atoms with Gasteiger partial charge in [-0.2, -0.15) is 0 Å². The lowest BCUT2D eigenvalue weighted by molar-refractivity contribution is 0.0614. The molecular formula is C19H22N4O4. The van der Waals surface area contributed by atoms with Crippen LogP contribution in [0.5, 0.6) is 0 Å². The lowest BCUT2D eigenvalue weighted by Gasteiger charge is -2.36. The Balaban J connectivity index is 1.26. The molecule has 2 aromatic heterocycles. The fourth-order valence-corrected chi connectivity index (χ4v) is 3.27. The molecule has 8 nitrogen and oxygen atoms in total. The molecule has 27 heavy (non-hydrogen) atoms. The summed E-state index contributed by atoms with van der Waals surface area (Å²) in [6.45, 7) is 1.59. The van der Waals surface area contributed by atoms with Crippen LogP contribution < -0.4 is 5.32 Å². The third-order valence-electron chi connectivity index (χ3n) is 4.80. The van der Waals surface area contributed by atoms with Crippen molar-refractivity contribution in [3.63, 3.8) is 0 Å². The summed E-state index contributed by atoms with van der Waals surface area (Å²) in [5.41, 5.74) is 1.64. The third-order valence-corrected chi connectivity index (χ3v) is 4.80. The molecule has 2 heterocycles. The fourth-order valence-electron chi connectivity index (χ4n) is 3.27. The van der Waals surface area contributed by atoms with E-state index in [0.29, 0.717) is 29.7 Å². The Hall–Kier alpha value is -2.55. The number of rotatable bonds is 7. The van der Waals surface area contributed by atoms with Gasteiger partial charge >= 0.3 is 0 Å². The number of nitrogens with zero attached hydrogens (tertiary/aromatic N) is 3. The van der Waals surface area contributed by atoms with Gasteiger partial charge in [-0.3, -0.25) is 5.32 Å². The number of benzene rings is 1. The number of aliphatic hydroxyl groups excluding tert-OH is 2. The van der Waals surface area contributed by atoms with Crippen LogP contribution in [-0.2, 0) is 6.42 Å². The number of nitrogens with one attached hydrogen (secondary N) is 1. The second kappa shape index (κ2) is 7.59. The lowest BCUT2D eigenvalue weighted by Crippen LogP contribution is -2.43. The summed E-state index contributed by atoms with van der Waals surface area (Å²) >= 11 is 0. The van der Waals surface area contributed by atoms with Crippen molar-refractivity contribution in [2.45, 2.75) is 44.6 Å². The molecule has 0 spiro atoms. The van der Waals surface area contributed by atoms with Crippen molar-refractivity contribution in [3.05, 3.63) is 53.9 Å². The molecule has 1 saturated carbocycles. The standard InChI is InChI=1S/C19H22N4O4/c1-11(24)19-22-21-17(26-19)9-12-7-14(8-12)20-18(25)16-10-15(23-27-16)13-5-3-2-4-6-13/h2-6,10-12,14,18,20,24-25H,7-9H2,1H3/t11-,12-,14-,18?/m1/s1. The van der Waals surface area contributed by atoms with Gasteiger partial charge in [0.1, 0.15) is 11.8 Å². The van der Waals surface area contributed by atoms with Gasteiger partial charge in [0, 0.05) is 24.1 Å². The zero-order valence-electron chi connectivity index (χ0n) is 14.9. The van der Waals surface area contributed by atoms with Crippen LogP contribution in [0.25, 0.3) is 11.3 Å². The fraction of sp³-hybridized carbons (Fsp3) is 0.421. The van der Waals surface area contributed by atoms with E-state index in [2.05, 4.69) is 20.7 Å². The summed E-state index contributed by atoms with van der Waals surface area (Å²) in [5.74, 6) is 1.59. The van der Waals surface area contributed by atoms with E-state index in [0.717, 1.165) is 18.4 Å². The first kappa shape index (κ1) is 17.8. The van der Waals surface area contributed by atoms with Crippen molar-refractivity contribution >= 4 is 0 Å². The van der Waals surface area contributed by atoms with Crippen molar-refractivity contribution in [2.24, 2.45) is 5.92 Å². The average Bonchev–Trinajstić information content (AvgIpc) is 3.30. The molecule has 1 aliphatic carbocycles. The first-order valence-electron chi connectivity index (χ1n) is 9.05. The minimum atomic E-state index is -0.897. The molecule has 0 bridgehead atoms. The first-order chi connectivity index (χ1) is 13.1. The van der Waals surface area contributed by atoms with Crippen molar-refractivity contribution in [1.82, 2.24) is 20.7 Å². The monoisotopic (exact) mass is 370 g/mol. The third kappa shape index (κ3) is 4.08. The summed E-state index contributed by atoms with van der Waals surface area (Å²) in [4.78, 5) is 0. The summed E-state index contributed by atoms with van der Waals surface area (Å²) in [7, 11) is 0. The van der Waals surface area contributed by atoms with Crippen molar-refractivity contribution < 1.29 is 19.2 Å². The van der Waals surface area contributed by atoms with E-state index in [1.165, 1.54) is 0 Å². The highest BCUT2D eigenvalue weighted by molar-refractivity contribution is 5.58.